The molecule has 0 unspecified atom stereocenters. The van der Waals surface area contributed by atoms with E-state index >= 15 is 0 Å². The van der Waals surface area contributed by atoms with Gasteiger partial charge in [0.1, 0.15) is 0 Å². The molecule has 0 aromatic heterocycles. The van der Waals surface area contributed by atoms with E-state index in [4.69, 9.17) is 0 Å². The number of thioether (sulfide) groups is 1. The van der Waals surface area contributed by atoms with Crippen LogP contribution in [-0.4, -0.2) is 54.9 Å². The lowest BCUT2D eigenvalue weighted by atomic mass is 10.1. The molecule has 1 fully saturated rings. The quantitative estimate of drug-likeness (QED) is 0.721. The molecule has 0 aliphatic carbocycles. The average Bonchev–Trinajstić information content (AvgIpc) is 2.57. The van der Waals surface area contributed by atoms with Crippen molar-refractivity contribution in [2.75, 3.05) is 43.5 Å². The summed E-state index contributed by atoms with van der Waals surface area (Å²) in [6, 6.07) is 7.56. The Morgan fingerprint density at radius 3 is 2.46 bits per heavy atom. The van der Waals surface area contributed by atoms with Gasteiger partial charge in [-0.2, -0.15) is 11.8 Å². The molecular formula is C17H26ClN3O2S. The summed E-state index contributed by atoms with van der Waals surface area (Å²) in [7, 11) is 1.88. The Bertz CT molecular complexity index is 519. The summed E-state index contributed by atoms with van der Waals surface area (Å²) in [6.45, 7) is 2.54. The minimum Gasteiger partial charge on any atom is -0.341 e. The number of nitrogens with zero attached hydrogens (tertiary/aromatic N) is 1. The van der Waals surface area contributed by atoms with E-state index in [0.29, 0.717) is 12.8 Å². The van der Waals surface area contributed by atoms with Crippen LogP contribution in [0.3, 0.4) is 0 Å². The molecule has 1 heterocycles. The van der Waals surface area contributed by atoms with Gasteiger partial charge in [0.05, 0.1) is 6.42 Å². The lowest BCUT2D eigenvalue weighted by Gasteiger charge is -2.26. The van der Waals surface area contributed by atoms with Crippen molar-refractivity contribution in [2.24, 2.45) is 0 Å². The van der Waals surface area contributed by atoms with Crippen LogP contribution in [0.2, 0.25) is 0 Å². The normalized spacial score (nSPS) is 14.0. The van der Waals surface area contributed by atoms with Crippen molar-refractivity contribution in [3.8, 4) is 0 Å². The van der Waals surface area contributed by atoms with Crippen molar-refractivity contribution < 1.29 is 9.59 Å². The largest absolute Gasteiger partial charge is 0.341 e. The van der Waals surface area contributed by atoms with Crippen LogP contribution < -0.4 is 10.6 Å². The number of hydrogen-bond donors (Lipinski definition) is 2. The molecule has 1 saturated heterocycles. The number of halogens is 1. The van der Waals surface area contributed by atoms with Crippen molar-refractivity contribution >= 4 is 41.7 Å². The summed E-state index contributed by atoms with van der Waals surface area (Å²) in [6.07, 6.45) is 1.76. The second kappa shape index (κ2) is 11.3. The van der Waals surface area contributed by atoms with E-state index in [1.807, 2.05) is 48.0 Å². The molecule has 0 atom stereocenters. The summed E-state index contributed by atoms with van der Waals surface area (Å²) in [4.78, 5) is 25.9. The lowest BCUT2D eigenvalue weighted by Crippen LogP contribution is -2.38. The van der Waals surface area contributed by atoms with Crippen LogP contribution in [0.1, 0.15) is 18.4 Å². The minimum absolute atomic E-state index is 0. The van der Waals surface area contributed by atoms with Gasteiger partial charge in [-0.05, 0) is 37.7 Å². The highest BCUT2D eigenvalue weighted by molar-refractivity contribution is 7.99. The standard InChI is InChI=1S/C17H25N3O2S.ClH/c1-18-8-2-3-16(21)19-15-6-4-14(5-7-15)13-17(22)20-9-11-23-12-10-20;/h4-7,18H,2-3,8-13H2,1H3,(H,19,21);1H. The molecule has 2 rings (SSSR count). The first-order valence-corrected chi connectivity index (χ1v) is 9.23. The predicted octanol–water partition coefficient (Wildman–Crippen LogP) is 2.16. The van der Waals surface area contributed by atoms with Gasteiger partial charge in [-0.1, -0.05) is 12.1 Å². The molecule has 1 aromatic carbocycles. The topological polar surface area (TPSA) is 61.4 Å². The number of amides is 2. The average molecular weight is 372 g/mol. The molecule has 134 valence electrons. The molecule has 0 bridgehead atoms. The molecule has 1 aromatic rings. The zero-order valence-electron chi connectivity index (χ0n) is 14.0. The third-order valence-corrected chi connectivity index (χ3v) is 4.73. The molecule has 2 amide bonds. The fourth-order valence-corrected chi connectivity index (χ4v) is 3.36. The number of nitrogens with one attached hydrogen (secondary N) is 2. The van der Waals surface area contributed by atoms with Crippen molar-refractivity contribution in [3.63, 3.8) is 0 Å². The van der Waals surface area contributed by atoms with Gasteiger partial charge in [-0.15, -0.1) is 12.4 Å². The van der Waals surface area contributed by atoms with E-state index in [-0.39, 0.29) is 24.2 Å². The van der Waals surface area contributed by atoms with Gasteiger partial charge < -0.3 is 15.5 Å². The van der Waals surface area contributed by atoms with Gasteiger partial charge >= 0.3 is 0 Å². The van der Waals surface area contributed by atoms with E-state index in [0.717, 1.165) is 48.8 Å². The number of rotatable bonds is 7. The zero-order valence-corrected chi connectivity index (χ0v) is 15.7. The van der Waals surface area contributed by atoms with Crippen LogP contribution in [0.25, 0.3) is 0 Å². The third-order valence-electron chi connectivity index (χ3n) is 3.79. The monoisotopic (exact) mass is 371 g/mol. The van der Waals surface area contributed by atoms with Crippen molar-refractivity contribution in [1.82, 2.24) is 10.2 Å². The second-order valence-electron chi connectivity index (χ2n) is 5.62. The Labute approximate surface area is 154 Å². The Morgan fingerprint density at radius 1 is 1.17 bits per heavy atom. The molecular weight excluding hydrogens is 346 g/mol. The number of carbonyl (C=O) groups excluding carboxylic acids is 2. The molecule has 0 saturated carbocycles. The van der Waals surface area contributed by atoms with Gasteiger partial charge in [0.2, 0.25) is 11.8 Å². The fourth-order valence-electron chi connectivity index (χ4n) is 2.45. The molecule has 24 heavy (non-hydrogen) atoms. The van der Waals surface area contributed by atoms with Crippen LogP contribution in [0.4, 0.5) is 5.69 Å². The minimum atomic E-state index is 0. The summed E-state index contributed by atoms with van der Waals surface area (Å²) in [5.41, 5.74) is 1.77. The fraction of sp³-hybridized carbons (Fsp3) is 0.529. The number of benzene rings is 1. The van der Waals surface area contributed by atoms with E-state index in [1.165, 1.54) is 0 Å². The molecule has 0 radical (unpaired) electrons. The van der Waals surface area contributed by atoms with Crippen LogP contribution in [-0.2, 0) is 16.0 Å². The highest BCUT2D eigenvalue weighted by Gasteiger charge is 2.16. The first-order valence-electron chi connectivity index (χ1n) is 8.08. The number of hydrogen-bond acceptors (Lipinski definition) is 4. The summed E-state index contributed by atoms with van der Waals surface area (Å²) in [5, 5.41) is 5.90. The molecule has 1 aliphatic heterocycles. The molecule has 7 heteroatoms. The Morgan fingerprint density at radius 2 is 1.83 bits per heavy atom. The van der Waals surface area contributed by atoms with Gasteiger partial charge in [0.25, 0.3) is 0 Å². The summed E-state index contributed by atoms with van der Waals surface area (Å²) in [5.74, 6) is 2.28. The van der Waals surface area contributed by atoms with Crippen LogP contribution in [0.5, 0.6) is 0 Å². The van der Waals surface area contributed by atoms with Crippen LogP contribution >= 0.6 is 24.2 Å². The van der Waals surface area contributed by atoms with Crippen molar-refractivity contribution in [1.29, 1.82) is 0 Å². The predicted molar refractivity (Wildman–Crippen MR) is 103 cm³/mol. The maximum absolute atomic E-state index is 12.2. The number of anilines is 1. The maximum Gasteiger partial charge on any atom is 0.227 e. The first kappa shape index (κ1) is 20.8. The summed E-state index contributed by atoms with van der Waals surface area (Å²) < 4.78 is 0. The molecule has 2 N–H and O–H groups in total. The summed E-state index contributed by atoms with van der Waals surface area (Å²) >= 11 is 1.90. The van der Waals surface area contributed by atoms with E-state index in [9.17, 15) is 9.59 Å². The molecule has 0 spiro atoms. The second-order valence-corrected chi connectivity index (χ2v) is 6.85. The van der Waals surface area contributed by atoms with Crippen LogP contribution in [0, 0.1) is 0 Å². The molecule has 5 nitrogen and oxygen atoms in total. The third kappa shape index (κ3) is 7.11. The zero-order chi connectivity index (χ0) is 16.5. The van der Waals surface area contributed by atoms with E-state index in [2.05, 4.69) is 10.6 Å². The van der Waals surface area contributed by atoms with Gasteiger partial charge in [-0.3, -0.25) is 9.59 Å². The highest BCUT2D eigenvalue weighted by atomic mass is 35.5. The van der Waals surface area contributed by atoms with E-state index < -0.39 is 0 Å². The van der Waals surface area contributed by atoms with Crippen molar-refractivity contribution in [2.45, 2.75) is 19.3 Å². The Hall–Kier alpha value is -1.24. The van der Waals surface area contributed by atoms with Gasteiger partial charge in [0, 0.05) is 36.7 Å². The lowest BCUT2D eigenvalue weighted by molar-refractivity contribution is -0.130. The van der Waals surface area contributed by atoms with Crippen LogP contribution in [0.15, 0.2) is 24.3 Å². The smallest absolute Gasteiger partial charge is 0.227 e. The maximum atomic E-state index is 12.2. The highest BCUT2D eigenvalue weighted by Crippen LogP contribution is 2.14. The SMILES string of the molecule is CNCCCC(=O)Nc1ccc(CC(=O)N2CCSCC2)cc1.Cl. The molecule has 1 aliphatic rings. The van der Waals surface area contributed by atoms with Crippen molar-refractivity contribution in [3.05, 3.63) is 29.8 Å². The van der Waals surface area contributed by atoms with Gasteiger partial charge in [-0.25, -0.2) is 0 Å². The number of carbonyl (C=O) groups is 2. The first-order chi connectivity index (χ1) is 11.2. The Balaban J connectivity index is 0.00000288. The Kier molecular flexibility index (Phi) is 9.83. The van der Waals surface area contributed by atoms with E-state index in [1.54, 1.807) is 0 Å². The van der Waals surface area contributed by atoms with Gasteiger partial charge in [0.15, 0.2) is 0 Å².